The van der Waals surface area contributed by atoms with Gasteiger partial charge in [-0.25, -0.2) is 4.39 Å². The van der Waals surface area contributed by atoms with Crippen molar-refractivity contribution < 1.29 is 14.3 Å². The first-order valence-electron chi connectivity index (χ1n) is 8.65. The lowest BCUT2D eigenvalue weighted by Crippen LogP contribution is -2.39. The molecule has 0 radical (unpaired) electrons. The number of rotatable bonds is 3. The zero-order valence-corrected chi connectivity index (χ0v) is 15.3. The molecule has 0 bridgehead atoms. The van der Waals surface area contributed by atoms with E-state index in [-0.39, 0.29) is 12.4 Å². The first-order valence-corrected chi connectivity index (χ1v) is 9.06. The Balaban J connectivity index is 1.62. The molecule has 0 unspecified atom stereocenters. The molecule has 1 aromatic heterocycles. The molecule has 0 aliphatic carbocycles. The van der Waals surface area contributed by atoms with Gasteiger partial charge < -0.3 is 19.9 Å². The highest BCUT2D eigenvalue weighted by atomic mass is 32.1. The van der Waals surface area contributed by atoms with Gasteiger partial charge in [0.05, 0.1) is 0 Å². The van der Waals surface area contributed by atoms with Gasteiger partial charge in [0.2, 0.25) is 0 Å². The van der Waals surface area contributed by atoms with Gasteiger partial charge in [0.25, 0.3) is 0 Å². The second kappa shape index (κ2) is 7.00. The van der Waals surface area contributed by atoms with Crippen LogP contribution in [0.2, 0.25) is 0 Å². The summed E-state index contributed by atoms with van der Waals surface area (Å²) in [7, 11) is 0. The van der Waals surface area contributed by atoms with Gasteiger partial charge in [0.1, 0.15) is 12.4 Å². The minimum Gasteiger partial charge on any atom is -0.480 e. The van der Waals surface area contributed by atoms with Crippen molar-refractivity contribution in [3.05, 3.63) is 65.6 Å². The van der Waals surface area contributed by atoms with Gasteiger partial charge in [0.15, 0.2) is 5.11 Å². The number of fused-ring (bicyclic) bond motifs is 3. The van der Waals surface area contributed by atoms with Crippen molar-refractivity contribution in [2.45, 2.75) is 19.5 Å². The van der Waals surface area contributed by atoms with E-state index < -0.39 is 5.97 Å². The van der Waals surface area contributed by atoms with E-state index >= 15 is 0 Å². The zero-order valence-electron chi connectivity index (χ0n) is 14.5. The molecule has 138 valence electrons. The molecule has 2 N–H and O–H groups in total. The van der Waals surface area contributed by atoms with Crippen LogP contribution in [0.5, 0.6) is 0 Å². The molecule has 0 saturated carbocycles. The summed E-state index contributed by atoms with van der Waals surface area (Å²) in [5.74, 6) is -1.14. The largest absolute Gasteiger partial charge is 0.480 e. The summed E-state index contributed by atoms with van der Waals surface area (Å²) < 4.78 is 15.0. The number of carboxylic acids is 1. The molecule has 4 rings (SSSR count). The topological polar surface area (TPSA) is 57.5 Å². The molecule has 27 heavy (non-hydrogen) atoms. The maximum absolute atomic E-state index is 13.1. The van der Waals surface area contributed by atoms with Crippen LogP contribution in [0.25, 0.3) is 10.9 Å². The zero-order chi connectivity index (χ0) is 19.0. The van der Waals surface area contributed by atoms with Gasteiger partial charge in [-0.15, -0.1) is 0 Å². The van der Waals surface area contributed by atoms with Crippen LogP contribution in [-0.2, 0) is 24.3 Å². The highest BCUT2D eigenvalue weighted by Gasteiger charge is 2.25. The molecule has 0 amide bonds. The Morgan fingerprint density at radius 2 is 1.93 bits per heavy atom. The number of nitrogens with one attached hydrogen (secondary N) is 1. The molecule has 7 heteroatoms. The standard InChI is InChI=1S/C20H18FN3O2S/c21-13-5-7-14(8-6-13)22-20(27)23-10-9-18-16(11-23)15-3-1-2-4-17(15)24(18)12-19(25)26/h1-8H,9-12H2,(H,22,27)(H,25,26). The van der Waals surface area contributed by atoms with Crippen LogP contribution in [0.3, 0.4) is 0 Å². The number of halogens is 1. The third-order valence-electron chi connectivity index (χ3n) is 4.84. The van der Waals surface area contributed by atoms with Crippen molar-refractivity contribution in [2.24, 2.45) is 0 Å². The molecule has 0 saturated heterocycles. The highest BCUT2D eigenvalue weighted by molar-refractivity contribution is 7.80. The molecule has 0 spiro atoms. The minimum atomic E-state index is -0.852. The van der Waals surface area contributed by atoms with Gasteiger partial charge in [-0.3, -0.25) is 4.79 Å². The van der Waals surface area contributed by atoms with Crippen molar-refractivity contribution in [3.63, 3.8) is 0 Å². The Bertz CT molecular complexity index is 1030. The minimum absolute atomic E-state index is 0.0475. The Hall–Kier alpha value is -2.93. The number of carboxylic acid groups (broad SMARTS) is 1. The number of para-hydroxylation sites is 1. The lowest BCUT2D eigenvalue weighted by atomic mass is 10.0. The highest BCUT2D eigenvalue weighted by Crippen LogP contribution is 2.31. The average Bonchev–Trinajstić information content (AvgIpc) is 2.97. The summed E-state index contributed by atoms with van der Waals surface area (Å²) in [4.78, 5) is 13.4. The molecule has 1 aliphatic rings. The van der Waals surface area contributed by atoms with Crippen molar-refractivity contribution >= 4 is 39.9 Å². The fourth-order valence-electron chi connectivity index (χ4n) is 3.63. The quantitative estimate of drug-likeness (QED) is 0.677. The number of thiocarbonyl (C=S) groups is 1. The second-order valence-corrected chi connectivity index (χ2v) is 6.92. The summed E-state index contributed by atoms with van der Waals surface area (Å²) in [6, 6.07) is 13.9. The maximum Gasteiger partial charge on any atom is 0.323 e. The van der Waals surface area contributed by atoms with Crippen LogP contribution in [0.15, 0.2) is 48.5 Å². The predicted octanol–water partition coefficient (Wildman–Crippen LogP) is 3.62. The summed E-state index contributed by atoms with van der Waals surface area (Å²) in [5, 5.41) is 14.1. The number of aliphatic carboxylic acids is 1. The van der Waals surface area contributed by atoms with Crippen LogP contribution in [0.1, 0.15) is 11.3 Å². The van der Waals surface area contributed by atoms with Gasteiger partial charge in [-0.2, -0.15) is 0 Å². The molecule has 0 fully saturated rings. The Labute approximate surface area is 161 Å². The number of hydrogen-bond acceptors (Lipinski definition) is 2. The molecule has 1 aliphatic heterocycles. The van der Waals surface area contributed by atoms with E-state index in [4.69, 9.17) is 12.2 Å². The van der Waals surface area contributed by atoms with E-state index in [9.17, 15) is 14.3 Å². The van der Waals surface area contributed by atoms with E-state index in [0.29, 0.717) is 24.6 Å². The Morgan fingerprint density at radius 3 is 2.67 bits per heavy atom. The van der Waals surface area contributed by atoms with Gasteiger partial charge in [-0.05, 0) is 42.5 Å². The Kier molecular flexibility index (Phi) is 4.53. The van der Waals surface area contributed by atoms with Crippen molar-refractivity contribution in [3.8, 4) is 0 Å². The number of carbonyl (C=O) groups is 1. The summed E-state index contributed by atoms with van der Waals surface area (Å²) in [6.07, 6.45) is 0.711. The van der Waals surface area contributed by atoms with Crippen molar-refractivity contribution in [1.29, 1.82) is 0 Å². The number of benzene rings is 2. The van der Waals surface area contributed by atoms with E-state index in [1.165, 1.54) is 12.1 Å². The third kappa shape index (κ3) is 3.38. The summed E-state index contributed by atoms with van der Waals surface area (Å²) in [6.45, 7) is 1.25. The lowest BCUT2D eigenvalue weighted by Gasteiger charge is -2.30. The number of nitrogens with zero attached hydrogens (tertiary/aromatic N) is 2. The van der Waals surface area contributed by atoms with Crippen LogP contribution < -0.4 is 5.32 Å². The Morgan fingerprint density at radius 1 is 1.19 bits per heavy atom. The van der Waals surface area contributed by atoms with Crippen molar-refractivity contribution in [2.75, 3.05) is 11.9 Å². The fraction of sp³-hybridized carbons (Fsp3) is 0.200. The summed E-state index contributed by atoms with van der Waals surface area (Å²) in [5.41, 5.74) is 3.84. The third-order valence-corrected chi connectivity index (χ3v) is 5.20. The predicted molar refractivity (Wildman–Crippen MR) is 106 cm³/mol. The monoisotopic (exact) mass is 383 g/mol. The number of hydrogen-bond donors (Lipinski definition) is 2. The first kappa shape index (κ1) is 17.5. The molecule has 3 aromatic rings. The van der Waals surface area contributed by atoms with Crippen LogP contribution in [0, 0.1) is 5.82 Å². The van der Waals surface area contributed by atoms with E-state index in [0.717, 1.165) is 27.8 Å². The smallest absolute Gasteiger partial charge is 0.323 e. The average molecular weight is 383 g/mol. The van der Waals surface area contributed by atoms with Gasteiger partial charge in [-0.1, -0.05) is 18.2 Å². The van der Waals surface area contributed by atoms with Crippen molar-refractivity contribution in [1.82, 2.24) is 9.47 Å². The van der Waals surface area contributed by atoms with Gasteiger partial charge in [0, 0.05) is 47.4 Å². The molecule has 5 nitrogen and oxygen atoms in total. The molecule has 2 aromatic carbocycles. The van der Waals surface area contributed by atoms with E-state index in [1.54, 1.807) is 12.1 Å². The van der Waals surface area contributed by atoms with E-state index in [2.05, 4.69) is 10.2 Å². The number of aromatic nitrogens is 1. The van der Waals surface area contributed by atoms with E-state index in [1.807, 2.05) is 28.8 Å². The second-order valence-electron chi connectivity index (χ2n) is 6.53. The van der Waals surface area contributed by atoms with Crippen LogP contribution >= 0.6 is 12.2 Å². The lowest BCUT2D eigenvalue weighted by molar-refractivity contribution is -0.137. The molecule has 2 heterocycles. The SMILES string of the molecule is O=C(O)Cn1c2c(c3ccccc31)CN(C(=S)Nc1ccc(F)cc1)CC2. The van der Waals surface area contributed by atoms with Crippen LogP contribution in [-0.4, -0.2) is 32.2 Å². The molecule has 0 atom stereocenters. The summed E-state index contributed by atoms with van der Waals surface area (Å²) >= 11 is 5.54. The molecular weight excluding hydrogens is 365 g/mol. The first-order chi connectivity index (χ1) is 13.0. The van der Waals surface area contributed by atoms with Crippen LogP contribution in [0.4, 0.5) is 10.1 Å². The van der Waals surface area contributed by atoms with Gasteiger partial charge >= 0.3 is 5.97 Å². The normalized spacial score (nSPS) is 13.4. The number of anilines is 1. The maximum atomic E-state index is 13.1. The molecular formula is C20H18FN3O2S. The fourth-order valence-corrected chi connectivity index (χ4v) is 3.90.